The summed E-state index contributed by atoms with van der Waals surface area (Å²) in [7, 11) is 1.68. The minimum Gasteiger partial charge on any atom is -0.338 e. The average molecular weight is 444 g/mol. The van der Waals surface area contributed by atoms with Crippen molar-refractivity contribution in [2.24, 2.45) is 7.05 Å². The van der Waals surface area contributed by atoms with Crippen molar-refractivity contribution >= 4 is 17.4 Å². The summed E-state index contributed by atoms with van der Waals surface area (Å²) in [5.74, 6) is 0.580. The highest BCUT2D eigenvalue weighted by Crippen LogP contribution is 2.44. The number of halogens is 3. The van der Waals surface area contributed by atoms with Crippen LogP contribution >= 0.6 is 0 Å². The Morgan fingerprint density at radius 3 is 2.69 bits per heavy atom. The summed E-state index contributed by atoms with van der Waals surface area (Å²) in [6, 6.07) is 2.88. The number of aryl methyl sites for hydroxylation is 2. The maximum Gasteiger partial charge on any atom is 0.417 e. The average Bonchev–Trinajstić information content (AvgIpc) is 3.37. The Hall–Kier alpha value is -3.30. The number of benzene rings is 1. The van der Waals surface area contributed by atoms with Crippen LogP contribution < -0.4 is 4.90 Å². The second kappa shape index (κ2) is 7.39. The second-order valence-electron chi connectivity index (χ2n) is 8.38. The van der Waals surface area contributed by atoms with Crippen LogP contribution in [-0.2, 0) is 37.4 Å². The van der Waals surface area contributed by atoms with E-state index in [0.717, 1.165) is 23.2 Å². The number of carbonyl (C=O) groups is 1. The standard InChI is InChI=1S/C22H23F3N6O/c1-13(32)30-7-5-19-17(12-30)21(28-27-19)31-6-3-4-14-8-16(15-10-26-29(2)11-15)18(9-20(14)31)22(23,24)25/h8-11H,3-7,12H2,1-2H3,(H,27,28). The number of hydrogen-bond acceptors (Lipinski definition) is 4. The number of hydrogen-bond donors (Lipinski definition) is 1. The molecule has 0 saturated heterocycles. The molecule has 10 heteroatoms. The van der Waals surface area contributed by atoms with Gasteiger partial charge in [-0.2, -0.15) is 23.4 Å². The fourth-order valence-corrected chi connectivity index (χ4v) is 4.66. The second-order valence-corrected chi connectivity index (χ2v) is 8.38. The molecule has 2 aliphatic rings. The van der Waals surface area contributed by atoms with E-state index in [9.17, 15) is 18.0 Å². The highest BCUT2D eigenvalue weighted by atomic mass is 19.4. The van der Waals surface area contributed by atoms with Crippen LogP contribution in [0.1, 0.15) is 35.7 Å². The van der Waals surface area contributed by atoms with Gasteiger partial charge >= 0.3 is 6.18 Å². The minimum absolute atomic E-state index is 0.0256. The van der Waals surface area contributed by atoms with Crippen molar-refractivity contribution in [3.63, 3.8) is 0 Å². The topological polar surface area (TPSA) is 70.1 Å². The molecule has 1 N–H and O–H groups in total. The van der Waals surface area contributed by atoms with Gasteiger partial charge in [-0.1, -0.05) is 0 Å². The smallest absolute Gasteiger partial charge is 0.338 e. The molecule has 1 aromatic carbocycles. The largest absolute Gasteiger partial charge is 0.417 e. The molecule has 32 heavy (non-hydrogen) atoms. The lowest BCUT2D eigenvalue weighted by Crippen LogP contribution is -2.35. The van der Waals surface area contributed by atoms with Crippen LogP contribution in [0.3, 0.4) is 0 Å². The van der Waals surface area contributed by atoms with Crippen molar-refractivity contribution in [1.82, 2.24) is 24.9 Å². The molecule has 0 bridgehead atoms. The Labute approximate surface area is 182 Å². The molecule has 5 rings (SSSR count). The number of H-pyrrole nitrogens is 1. The molecule has 0 spiro atoms. The summed E-state index contributed by atoms with van der Waals surface area (Å²) in [5.41, 5.74) is 3.07. The van der Waals surface area contributed by atoms with Gasteiger partial charge in [0.25, 0.3) is 0 Å². The fraction of sp³-hybridized carbons (Fsp3) is 0.409. The van der Waals surface area contributed by atoms with Gasteiger partial charge in [0.2, 0.25) is 5.91 Å². The van der Waals surface area contributed by atoms with Crippen LogP contribution in [0.15, 0.2) is 24.5 Å². The van der Waals surface area contributed by atoms with Crippen molar-refractivity contribution in [2.45, 2.75) is 38.9 Å². The number of fused-ring (bicyclic) bond motifs is 2. The van der Waals surface area contributed by atoms with E-state index in [4.69, 9.17) is 0 Å². The van der Waals surface area contributed by atoms with E-state index in [1.54, 1.807) is 24.2 Å². The molecule has 0 aliphatic carbocycles. The van der Waals surface area contributed by atoms with Gasteiger partial charge in [0.05, 0.1) is 18.3 Å². The Kier molecular flexibility index (Phi) is 4.75. The van der Waals surface area contributed by atoms with Gasteiger partial charge in [0, 0.05) is 62.2 Å². The lowest BCUT2D eigenvalue weighted by Gasteiger charge is -2.33. The molecule has 0 saturated carbocycles. The first-order valence-electron chi connectivity index (χ1n) is 10.5. The molecule has 2 aliphatic heterocycles. The van der Waals surface area contributed by atoms with Crippen LogP contribution in [0.25, 0.3) is 11.1 Å². The van der Waals surface area contributed by atoms with Crippen LogP contribution in [0.4, 0.5) is 24.7 Å². The zero-order valence-corrected chi connectivity index (χ0v) is 17.8. The van der Waals surface area contributed by atoms with E-state index in [2.05, 4.69) is 15.3 Å². The summed E-state index contributed by atoms with van der Waals surface area (Å²) in [5, 5.41) is 11.5. The lowest BCUT2D eigenvalue weighted by molar-refractivity contribution is -0.137. The highest BCUT2D eigenvalue weighted by Gasteiger charge is 2.37. The molecule has 4 heterocycles. The number of nitrogens with one attached hydrogen (secondary N) is 1. The number of aromatic amines is 1. The Morgan fingerprint density at radius 2 is 2.00 bits per heavy atom. The molecule has 0 radical (unpaired) electrons. The third-order valence-electron chi connectivity index (χ3n) is 6.27. The quantitative estimate of drug-likeness (QED) is 0.653. The van der Waals surface area contributed by atoms with E-state index >= 15 is 0 Å². The first kappa shape index (κ1) is 20.6. The highest BCUT2D eigenvalue weighted by molar-refractivity contribution is 5.78. The third kappa shape index (κ3) is 3.43. The molecular weight excluding hydrogens is 421 g/mol. The monoisotopic (exact) mass is 444 g/mol. The molecule has 2 aromatic heterocycles. The predicted molar refractivity (Wildman–Crippen MR) is 112 cm³/mol. The summed E-state index contributed by atoms with van der Waals surface area (Å²) < 4.78 is 43.7. The van der Waals surface area contributed by atoms with Gasteiger partial charge in [-0.25, -0.2) is 0 Å². The summed E-state index contributed by atoms with van der Waals surface area (Å²) >= 11 is 0. The number of aromatic nitrogens is 4. The van der Waals surface area contributed by atoms with Gasteiger partial charge in [-0.05, 0) is 36.1 Å². The van der Waals surface area contributed by atoms with Gasteiger partial charge in [-0.15, -0.1) is 0 Å². The molecule has 0 atom stereocenters. The van der Waals surface area contributed by atoms with Crippen molar-refractivity contribution < 1.29 is 18.0 Å². The van der Waals surface area contributed by atoms with Crippen LogP contribution in [0, 0.1) is 0 Å². The molecule has 7 nitrogen and oxygen atoms in total. The third-order valence-corrected chi connectivity index (χ3v) is 6.27. The Balaban J connectivity index is 1.62. The van der Waals surface area contributed by atoms with E-state index in [0.29, 0.717) is 49.5 Å². The van der Waals surface area contributed by atoms with Crippen LogP contribution in [-0.4, -0.2) is 43.9 Å². The summed E-state index contributed by atoms with van der Waals surface area (Å²) in [6.45, 7) is 3.10. The maximum atomic E-state index is 14.1. The SMILES string of the molecule is CC(=O)N1CCc2[nH]nc(N3CCCc4cc(-c5cnn(C)c5)c(C(F)(F)F)cc43)c2C1. The molecule has 0 unspecified atom stereocenters. The number of nitrogens with zero attached hydrogens (tertiary/aromatic N) is 5. The van der Waals surface area contributed by atoms with E-state index in [-0.39, 0.29) is 11.5 Å². The van der Waals surface area contributed by atoms with Crippen LogP contribution in [0.2, 0.25) is 0 Å². The zero-order valence-electron chi connectivity index (χ0n) is 17.8. The molecular formula is C22H23F3N6O. The molecule has 3 aromatic rings. The minimum atomic E-state index is -4.51. The molecule has 1 amide bonds. The number of rotatable bonds is 2. The summed E-state index contributed by atoms with van der Waals surface area (Å²) in [4.78, 5) is 15.5. The van der Waals surface area contributed by atoms with E-state index < -0.39 is 11.7 Å². The first-order chi connectivity index (χ1) is 15.2. The van der Waals surface area contributed by atoms with Crippen molar-refractivity contribution in [1.29, 1.82) is 0 Å². The Bertz CT molecular complexity index is 1190. The normalized spacial score (nSPS) is 16.2. The van der Waals surface area contributed by atoms with Gasteiger partial charge < -0.3 is 9.80 Å². The van der Waals surface area contributed by atoms with Crippen LogP contribution in [0.5, 0.6) is 0 Å². The van der Waals surface area contributed by atoms with Gasteiger partial charge in [0.15, 0.2) is 5.82 Å². The van der Waals surface area contributed by atoms with Crippen molar-refractivity contribution in [2.75, 3.05) is 18.0 Å². The van der Waals surface area contributed by atoms with Gasteiger partial charge in [-0.3, -0.25) is 14.6 Å². The number of anilines is 2. The molecule has 168 valence electrons. The summed E-state index contributed by atoms with van der Waals surface area (Å²) in [6.07, 6.45) is 0.665. The maximum absolute atomic E-state index is 14.1. The van der Waals surface area contributed by atoms with Gasteiger partial charge in [0.1, 0.15) is 0 Å². The Morgan fingerprint density at radius 1 is 1.19 bits per heavy atom. The number of carbonyl (C=O) groups excluding carboxylic acids is 1. The lowest BCUT2D eigenvalue weighted by atomic mass is 9.92. The zero-order chi connectivity index (χ0) is 22.6. The predicted octanol–water partition coefficient (Wildman–Crippen LogP) is 3.82. The molecule has 0 fully saturated rings. The number of alkyl halides is 3. The van der Waals surface area contributed by atoms with Crippen molar-refractivity contribution in [3.05, 3.63) is 46.9 Å². The first-order valence-corrected chi connectivity index (χ1v) is 10.5. The number of amides is 1. The fourth-order valence-electron chi connectivity index (χ4n) is 4.66. The van der Waals surface area contributed by atoms with Crippen molar-refractivity contribution in [3.8, 4) is 11.1 Å². The van der Waals surface area contributed by atoms with E-state index in [1.165, 1.54) is 23.9 Å². The van der Waals surface area contributed by atoms with E-state index in [1.807, 2.05) is 4.90 Å².